The number of aryl methyl sites for hydroxylation is 1. The maximum absolute atomic E-state index is 4.21. The first-order chi connectivity index (χ1) is 6.93. The van der Waals surface area contributed by atoms with E-state index in [-0.39, 0.29) is 0 Å². The molecule has 0 bridgehead atoms. The highest BCUT2D eigenvalue weighted by Crippen LogP contribution is 2.26. The van der Waals surface area contributed by atoms with Gasteiger partial charge in [0.1, 0.15) is 0 Å². The molecule has 3 rings (SSSR count). The molecule has 1 saturated heterocycles. The van der Waals surface area contributed by atoms with E-state index in [0.717, 1.165) is 18.5 Å². The Morgan fingerprint density at radius 1 is 1.43 bits per heavy atom. The zero-order valence-corrected chi connectivity index (χ0v) is 8.45. The van der Waals surface area contributed by atoms with Crippen LogP contribution >= 0.6 is 0 Å². The van der Waals surface area contributed by atoms with Crippen molar-refractivity contribution in [1.29, 1.82) is 0 Å². The SMILES string of the molecule is c1ncn2c1CC(C1CCCN1)CC2. The van der Waals surface area contributed by atoms with Gasteiger partial charge in [-0.1, -0.05) is 0 Å². The molecule has 3 heterocycles. The van der Waals surface area contributed by atoms with E-state index in [2.05, 4.69) is 14.9 Å². The lowest BCUT2D eigenvalue weighted by Crippen LogP contribution is -2.35. The van der Waals surface area contributed by atoms with Crippen LogP contribution < -0.4 is 5.32 Å². The molecular weight excluding hydrogens is 174 g/mol. The zero-order chi connectivity index (χ0) is 9.38. The second-order valence-electron chi connectivity index (χ2n) is 4.53. The molecule has 2 aliphatic heterocycles. The predicted octanol–water partition coefficient (Wildman–Crippen LogP) is 1.20. The number of hydrogen-bond acceptors (Lipinski definition) is 2. The van der Waals surface area contributed by atoms with Crippen LogP contribution in [0.25, 0.3) is 0 Å². The number of nitrogens with one attached hydrogen (secondary N) is 1. The predicted molar refractivity (Wildman–Crippen MR) is 55.1 cm³/mol. The minimum Gasteiger partial charge on any atom is -0.335 e. The Balaban J connectivity index is 1.74. The molecule has 3 heteroatoms. The molecule has 1 fully saturated rings. The second-order valence-corrected chi connectivity index (χ2v) is 4.53. The Bertz CT molecular complexity index is 312. The highest BCUT2D eigenvalue weighted by molar-refractivity contribution is 5.04. The Morgan fingerprint density at radius 3 is 3.29 bits per heavy atom. The molecule has 1 aromatic rings. The number of fused-ring (bicyclic) bond motifs is 1. The van der Waals surface area contributed by atoms with E-state index < -0.39 is 0 Å². The first-order valence-corrected chi connectivity index (χ1v) is 5.66. The Labute approximate surface area is 84.5 Å². The molecule has 0 amide bonds. The Kier molecular flexibility index (Phi) is 2.05. The van der Waals surface area contributed by atoms with Crippen LogP contribution in [-0.4, -0.2) is 22.1 Å². The molecule has 0 aliphatic carbocycles. The van der Waals surface area contributed by atoms with Gasteiger partial charge in [0, 0.05) is 24.5 Å². The summed E-state index contributed by atoms with van der Waals surface area (Å²) in [7, 11) is 0. The first kappa shape index (κ1) is 8.48. The fraction of sp³-hybridized carbons (Fsp3) is 0.727. The minimum absolute atomic E-state index is 0.777. The lowest BCUT2D eigenvalue weighted by molar-refractivity contribution is 0.310. The Hall–Kier alpha value is -0.830. The van der Waals surface area contributed by atoms with Gasteiger partial charge in [0.05, 0.1) is 6.33 Å². The molecule has 2 aliphatic rings. The van der Waals surface area contributed by atoms with Crippen LogP contribution in [0.15, 0.2) is 12.5 Å². The van der Waals surface area contributed by atoms with Crippen LogP contribution in [-0.2, 0) is 13.0 Å². The van der Waals surface area contributed by atoms with Gasteiger partial charge >= 0.3 is 0 Å². The molecule has 3 nitrogen and oxygen atoms in total. The summed E-state index contributed by atoms with van der Waals surface area (Å²) < 4.78 is 2.30. The van der Waals surface area contributed by atoms with Crippen LogP contribution in [0.5, 0.6) is 0 Å². The van der Waals surface area contributed by atoms with Gasteiger partial charge in [0.2, 0.25) is 0 Å². The summed E-state index contributed by atoms with van der Waals surface area (Å²) >= 11 is 0. The normalized spacial score (nSPS) is 31.7. The van der Waals surface area contributed by atoms with Crippen molar-refractivity contribution in [2.24, 2.45) is 5.92 Å². The fourth-order valence-corrected chi connectivity index (χ4v) is 2.85. The Morgan fingerprint density at radius 2 is 2.43 bits per heavy atom. The summed E-state index contributed by atoms with van der Waals surface area (Å²) in [6.07, 6.45) is 9.27. The van der Waals surface area contributed by atoms with Crippen molar-refractivity contribution >= 4 is 0 Å². The molecule has 0 radical (unpaired) electrons. The molecule has 0 aromatic carbocycles. The van der Waals surface area contributed by atoms with Gasteiger partial charge in [0.25, 0.3) is 0 Å². The summed E-state index contributed by atoms with van der Waals surface area (Å²) in [5, 5.41) is 3.62. The van der Waals surface area contributed by atoms with Gasteiger partial charge in [-0.25, -0.2) is 4.98 Å². The molecule has 1 N–H and O–H groups in total. The molecule has 2 atom stereocenters. The number of nitrogens with zero attached hydrogens (tertiary/aromatic N) is 2. The largest absolute Gasteiger partial charge is 0.335 e. The average Bonchev–Trinajstić information content (AvgIpc) is 2.88. The summed E-state index contributed by atoms with van der Waals surface area (Å²) in [5.41, 5.74) is 1.43. The van der Waals surface area contributed by atoms with Gasteiger partial charge in [-0.15, -0.1) is 0 Å². The summed E-state index contributed by atoms with van der Waals surface area (Å²) in [5.74, 6) is 0.849. The van der Waals surface area contributed by atoms with Crippen molar-refractivity contribution < 1.29 is 0 Å². The van der Waals surface area contributed by atoms with Gasteiger partial charge in [-0.2, -0.15) is 0 Å². The van der Waals surface area contributed by atoms with Crippen molar-refractivity contribution in [2.45, 2.75) is 38.3 Å². The number of rotatable bonds is 1. The highest BCUT2D eigenvalue weighted by Gasteiger charge is 2.27. The van der Waals surface area contributed by atoms with Crippen molar-refractivity contribution in [3.8, 4) is 0 Å². The molecule has 2 unspecified atom stereocenters. The van der Waals surface area contributed by atoms with Crippen LogP contribution in [0.1, 0.15) is 25.0 Å². The van der Waals surface area contributed by atoms with E-state index in [4.69, 9.17) is 0 Å². The van der Waals surface area contributed by atoms with Crippen LogP contribution in [0.2, 0.25) is 0 Å². The molecule has 76 valence electrons. The molecule has 0 spiro atoms. The topological polar surface area (TPSA) is 29.9 Å². The number of hydrogen-bond donors (Lipinski definition) is 1. The standard InChI is InChI=1S/C11H17N3/c1-2-11(13-4-1)9-3-5-14-8-12-7-10(14)6-9/h7-9,11,13H,1-6H2. The van der Waals surface area contributed by atoms with E-state index in [0.29, 0.717) is 0 Å². The van der Waals surface area contributed by atoms with E-state index in [9.17, 15) is 0 Å². The van der Waals surface area contributed by atoms with E-state index in [1.807, 2.05) is 12.5 Å². The first-order valence-electron chi connectivity index (χ1n) is 5.66. The van der Waals surface area contributed by atoms with Gasteiger partial charge < -0.3 is 9.88 Å². The lowest BCUT2D eigenvalue weighted by atomic mass is 9.88. The third-order valence-electron chi connectivity index (χ3n) is 3.68. The van der Waals surface area contributed by atoms with E-state index >= 15 is 0 Å². The molecular formula is C11H17N3. The highest BCUT2D eigenvalue weighted by atomic mass is 15.1. The van der Waals surface area contributed by atoms with E-state index in [1.165, 1.54) is 37.9 Å². The lowest BCUT2D eigenvalue weighted by Gasteiger charge is -2.28. The summed E-state index contributed by atoms with van der Waals surface area (Å²) in [6.45, 7) is 2.39. The van der Waals surface area contributed by atoms with Crippen molar-refractivity contribution in [2.75, 3.05) is 6.54 Å². The molecule has 0 saturated carbocycles. The molecule has 1 aromatic heterocycles. The van der Waals surface area contributed by atoms with Crippen LogP contribution in [0.3, 0.4) is 0 Å². The van der Waals surface area contributed by atoms with E-state index in [1.54, 1.807) is 0 Å². The summed E-state index contributed by atoms with van der Waals surface area (Å²) in [4.78, 5) is 4.21. The third-order valence-corrected chi connectivity index (χ3v) is 3.68. The average molecular weight is 191 g/mol. The molecule has 14 heavy (non-hydrogen) atoms. The van der Waals surface area contributed by atoms with Gasteiger partial charge in [-0.3, -0.25) is 0 Å². The zero-order valence-electron chi connectivity index (χ0n) is 8.45. The monoisotopic (exact) mass is 191 g/mol. The van der Waals surface area contributed by atoms with Crippen molar-refractivity contribution in [3.63, 3.8) is 0 Å². The quantitative estimate of drug-likeness (QED) is 0.723. The number of imidazole rings is 1. The third kappa shape index (κ3) is 1.36. The number of aromatic nitrogens is 2. The summed E-state index contributed by atoms with van der Waals surface area (Å²) in [6, 6.07) is 0.777. The maximum atomic E-state index is 4.21. The van der Waals surface area contributed by atoms with Gasteiger partial charge in [0.15, 0.2) is 0 Å². The van der Waals surface area contributed by atoms with Crippen LogP contribution in [0, 0.1) is 5.92 Å². The smallest absolute Gasteiger partial charge is 0.0948 e. The maximum Gasteiger partial charge on any atom is 0.0948 e. The minimum atomic E-state index is 0.777. The van der Waals surface area contributed by atoms with Crippen molar-refractivity contribution in [1.82, 2.24) is 14.9 Å². The second kappa shape index (κ2) is 3.39. The fourth-order valence-electron chi connectivity index (χ4n) is 2.85. The van der Waals surface area contributed by atoms with Crippen LogP contribution in [0.4, 0.5) is 0 Å². The van der Waals surface area contributed by atoms with Crippen molar-refractivity contribution in [3.05, 3.63) is 18.2 Å². The van der Waals surface area contributed by atoms with Gasteiger partial charge in [-0.05, 0) is 38.1 Å².